The summed E-state index contributed by atoms with van der Waals surface area (Å²) >= 11 is 0. The van der Waals surface area contributed by atoms with E-state index in [2.05, 4.69) is 15.2 Å². The molecular formula is C19H21N3O3. The van der Waals surface area contributed by atoms with Crippen LogP contribution in [-0.2, 0) is 17.7 Å². The molecule has 1 aromatic heterocycles. The highest BCUT2D eigenvalue weighted by Gasteiger charge is 2.15. The van der Waals surface area contributed by atoms with Crippen LogP contribution in [0, 0.1) is 0 Å². The molecule has 0 aliphatic carbocycles. The minimum Gasteiger partial charge on any atom is -0.493 e. The summed E-state index contributed by atoms with van der Waals surface area (Å²) in [5, 5.41) is 2.95. The molecule has 2 aliphatic heterocycles. The highest BCUT2D eigenvalue weighted by molar-refractivity contribution is 5.94. The normalized spacial score (nSPS) is 16.2. The van der Waals surface area contributed by atoms with Gasteiger partial charge in [0, 0.05) is 37.8 Å². The topological polar surface area (TPSA) is 63.7 Å². The van der Waals surface area contributed by atoms with Crippen LogP contribution < -0.4 is 15.0 Å². The van der Waals surface area contributed by atoms with Crippen LogP contribution in [0.15, 0.2) is 36.5 Å². The number of anilines is 1. The van der Waals surface area contributed by atoms with Gasteiger partial charge in [-0.05, 0) is 35.4 Å². The Kier molecular flexibility index (Phi) is 4.52. The molecule has 1 N–H and O–H groups in total. The summed E-state index contributed by atoms with van der Waals surface area (Å²) in [6.45, 7) is 4.37. The number of carbonyl (C=O) groups excluding carboxylic acids is 1. The number of carbonyl (C=O) groups is 1. The monoisotopic (exact) mass is 339 g/mol. The zero-order valence-corrected chi connectivity index (χ0v) is 14.0. The molecule has 25 heavy (non-hydrogen) atoms. The molecule has 0 bridgehead atoms. The molecule has 3 heterocycles. The molecule has 0 radical (unpaired) electrons. The van der Waals surface area contributed by atoms with Gasteiger partial charge in [-0.25, -0.2) is 4.98 Å². The molecule has 1 aromatic carbocycles. The third kappa shape index (κ3) is 3.58. The lowest BCUT2D eigenvalue weighted by Crippen LogP contribution is -2.36. The van der Waals surface area contributed by atoms with Crippen molar-refractivity contribution in [3.05, 3.63) is 53.2 Å². The maximum Gasteiger partial charge on any atom is 0.251 e. The van der Waals surface area contributed by atoms with Crippen molar-refractivity contribution < 1.29 is 14.3 Å². The van der Waals surface area contributed by atoms with Gasteiger partial charge in [0.15, 0.2) is 0 Å². The van der Waals surface area contributed by atoms with E-state index in [1.165, 1.54) is 0 Å². The number of rotatable bonds is 4. The van der Waals surface area contributed by atoms with Gasteiger partial charge in [-0.15, -0.1) is 0 Å². The summed E-state index contributed by atoms with van der Waals surface area (Å²) in [7, 11) is 0. The van der Waals surface area contributed by atoms with Crippen molar-refractivity contribution in [1.29, 1.82) is 0 Å². The molecule has 1 saturated heterocycles. The van der Waals surface area contributed by atoms with E-state index < -0.39 is 0 Å². The molecule has 2 aliphatic rings. The number of aromatic nitrogens is 1. The lowest BCUT2D eigenvalue weighted by Gasteiger charge is -2.27. The molecule has 6 nitrogen and oxygen atoms in total. The number of ether oxygens (including phenoxy) is 2. The molecule has 130 valence electrons. The summed E-state index contributed by atoms with van der Waals surface area (Å²) in [5.74, 6) is 1.77. The highest BCUT2D eigenvalue weighted by atomic mass is 16.5. The van der Waals surface area contributed by atoms with E-state index in [4.69, 9.17) is 9.47 Å². The molecular weight excluding hydrogens is 318 g/mol. The quantitative estimate of drug-likeness (QED) is 0.920. The van der Waals surface area contributed by atoms with Crippen LogP contribution in [0.5, 0.6) is 5.75 Å². The van der Waals surface area contributed by atoms with Gasteiger partial charge in [-0.3, -0.25) is 4.79 Å². The summed E-state index contributed by atoms with van der Waals surface area (Å²) in [5.41, 5.74) is 2.75. The molecule has 0 spiro atoms. The molecule has 0 unspecified atom stereocenters. The van der Waals surface area contributed by atoms with Gasteiger partial charge in [0.2, 0.25) is 0 Å². The SMILES string of the molecule is O=C(NCc1ccc(N2CCOCC2)nc1)c1ccc2c(c1)CCO2. The second kappa shape index (κ2) is 7.11. The Morgan fingerprint density at radius 2 is 2.04 bits per heavy atom. The van der Waals surface area contributed by atoms with Gasteiger partial charge in [-0.1, -0.05) is 6.07 Å². The summed E-state index contributed by atoms with van der Waals surface area (Å²) < 4.78 is 10.8. The number of amides is 1. The third-order valence-electron chi connectivity index (χ3n) is 4.55. The lowest BCUT2D eigenvalue weighted by atomic mass is 10.1. The first-order chi connectivity index (χ1) is 12.3. The first-order valence-corrected chi connectivity index (χ1v) is 8.61. The minimum atomic E-state index is -0.0769. The number of morpholine rings is 1. The first kappa shape index (κ1) is 15.9. The molecule has 0 atom stereocenters. The molecule has 4 rings (SSSR count). The van der Waals surface area contributed by atoms with Crippen LogP contribution in [0.3, 0.4) is 0 Å². The zero-order chi connectivity index (χ0) is 17.1. The van der Waals surface area contributed by atoms with Crippen molar-refractivity contribution in [2.75, 3.05) is 37.8 Å². The number of benzene rings is 1. The van der Waals surface area contributed by atoms with E-state index in [9.17, 15) is 4.79 Å². The fourth-order valence-corrected chi connectivity index (χ4v) is 3.11. The maximum absolute atomic E-state index is 12.3. The Hall–Kier alpha value is -2.60. The predicted molar refractivity (Wildman–Crippen MR) is 94.1 cm³/mol. The molecule has 1 fully saturated rings. The van der Waals surface area contributed by atoms with Crippen molar-refractivity contribution in [2.24, 2.45) is 0 Å². The van der Waals surface area contributed by atoms with E-state index >= 15 is 0 Å². The van der Waals surface area contributed by atoms with Crippen LogP contribution in [0.2, 0.25) is 0 Å². The van der Waals surface area contributed by atoms with Gasteiger partial charge in [0.05, 0.1) is 19.8 Å². The second-order valence-electron chi connectivity index (χ2n) is 6.23. The number of nitrogens with one attached hydrogen (secondary N) is 1. The van der Waals surface area contributed by atoms with E-state index in [1.54, 1.807) is 6.07 Å². The fraction of sp³-hybridized carbons (Fsp3) is 0.368. The van der Waals surface area contributed by atoms with Crippen LogP contribution in [0.4, 0.5) is 5.82 Å². The average molecular weight is 339 g/mol. The van der Waals surface area contributed by atoms with E-state index in [-0.39, 0.29) is 5.91 Å². The van der Waals surface area contributed by atoms with Crippen molar-refractivity contribution in [1.82, 2.24) is 10.3 Å². The van der Waals surface area contributed by atoms with Gasteiger partial charge in [-0.2, -0.15) is 0 Å². The van der Waals surface area contributed by atoms with Crippen molar-refractivity contribution in [3.8, 4) is 5.75 Å². The molecule has 2 aromatic rings. The maximum atomic E-state index is 12.3. The second-order valence-corrected chi connectivity index (χ2v) is 6.23. The van der Waals surface area contributed by atoms with E-state index in [1.807, 2.05) is 30.5 Å². The van der Waals surface area contributed by atoms with E-state index in [0.717, 1.165) is 55.4 Å². The Morgan fingerprint density at radius 3 is 2.84 bits per heavy atom. The smallest absolute Gasteiger partial charge is 0.251 e. The van der Waals surface area contributed by atoms with Crippen LogP contribution in [0.1, 0.15) is 21.5 Å². The van der Waals surface area contributed by atoms with Gasteiger partial charge in [0.1, 0.15) is 11.6 Å². The Balaban J connectivity index is 1.35. The molecule has 1 amide bonds. The zero-order valence-electron chi connectivity index (χ0n) is 14.0. The molecule has 0 saturated carbocycles. The Bertz CT molecular complexity index is 755. The average Bonchev–Trinajstić information content (AvgIpc) is 3.15. The third-order valence-corrected chi connectivity index (χ3v) is 4.55. The highest BCUT2D eigenvalue weighted by Crippen LogP contribution is 2.25. The number of hydrogen-bond acceptors (Lipinski definition) is 5. The van der Waals surface area contributed by atoms with Gasteiger partial charge >= 0.3 is 0 Å². The number of nitrogens with zero attached hydrogens (tertiary/aromatic N) is 2. The number of hydrogen-bond donors (Lipinski definition) is 1. The van der Waals surface area contributed by atoms with Crippen molar-refractivity contribution in [3.63, 3.8) is 0 Å². The minimum absolute atomic E-state index is 0.0769. The van der Waals surface area contributed by atoms with Gasteiger partial charge < -0.3 is 19.7 Å². The fourth-order valence-electron chi connectivity index (χ4n) is 3.11. The first-order valence-electron chi connectivity index (χ1n) is 8.61. The van der Waals surface area contributed by atoms with Crippen LogP contribution in [0.25, 0.3) is 0 Å². The number of fused-ring (bicyclic) bond motifs is 1. The lowest BCUT2D eigenvalue weighted by molar-refractivity contribution is 0.0950. The largest absolute Gasteiger partial charge is 0.493 e. The van der Waals surface area contributed by atoms with Crippen LogP contribution in [-0.4, -0.2) is 43.8 Å². The van der Waals surface area contributed by atoms with E-state index in [0.29, 0.717) is 18.7 Å². The summed E-state index contributed by atoms with van der Waals surface area (Å²) in [6, 6.07) is 9.60. The van der Waals surface area contributed by atoms with Crippen molar-refractivity contribution >= 4 is 11.7 Å². The number of pyridine rings is 1. The summed E-state index contributed by atoms with van der Waals surface area (Å²) in [6.07, 6.45) is 2.69. The predicted octanol–water partition coefficient (Wildman–Crippen LogP) is 1.78. The van der Waals surface area contributed by atoms with Gasteiger partial charge in [0.25, 0.3) is 5.91 Å². The standard InChI is InChI=1S/C19H21N3O3/c23-19(16-2-3-17-15(11-16)5-8-25-17)21-13-14-1-4-18(20-12-14)22-6-9-24-10-7-22/h1-4,11-12H,5-10,13H2,(H,21,23). The summed E-state index contributed by atoms with van der Waals surface area (Å²) in [4.78, 5) is 19.0. The Labute approximate surface area is 146 Å². The molecule has 6 heteroatoms. The van der Waals surface area contributed by atoms with Crippen molar-refractivity contribution in [2.45, 2.75) is 13.0 Å². The Morgan fingerprint density at radius 1 is 1.16 bits per heavy atom. The van der Waals surface area contributed by atoms with Crippen LogP contribution >= 0.6 is 0 Å².